The van der Waals surface area contributed by atoms with E-state index in [0.29, 0.717) is 0 Å². The molecule has 0 radical (unpaired) electrons. The van der Waals surface area contributed by atoms with Gasteiger partial charge in [-0.1, -0.05) is 28.1 Å². The molecule has 108 valence electrons. The van der Waals surface area contributed by atoms with E-state index in [1.807, 2.05) is 24.3 Å². The summed E-state index contributed by atoms with van der Waals surface area (Å²) < 4.78 is 40.0. The Bertz CT molecular complexity index is 575. The fraction of sp³-hybridized carbons (Fsp3) is 0.308. The molecule has 1 aromatic carbocycles. The first-order valence-corrected chi connectivity index (χ1v) is 6.71. The number of alkyl halides is 3. The van der Waals surface area contributed by atoms with E-state index in [1.54, 1.807) is 6.92 Å². The van der Waals surface area contributed by atoms with Gasteiger partial charge in [0.05, 0.1) is 6.04 Å². The van der Waals surface area contributed by atoms with Crippen molar-refractivity contribution >= 4 is 15.9 Å². The number of halogens is 4. The van der Waals surface area contributed by atoms with Crippen molar-refractivity contribution in [3.63, 3.8) is 0 Å². The summed E-state index contributed by atoms with van der Waals surface area (Å²) in [4.78, 5) is 0. The standard InChI is InChI=1S/C13H13BrF3N3/c1-8(18)12(9-2-4-10(14)5-3-9)20-7-6-11(19-20)13(15,16)17/h2-8,12H,18H2,1H3. The second kappa shape index (κ2) is 5.57. The van der Waals surface area contributed by atoms with Gasteiger partial charge in [-0.2, -0.15) is 18.3 Å². The molecule has 7 heteroatoms. The molecule has 3 nitrogen and oxygen atoms in total. The van der Waals surface area contributed by atoms with Crippen LogP contribution in [0.2, 0.25) is 0 Å². The molecule has 2 atom stereocenters. The average molecular weight is 348 g/mol. The van der Waals surface area contributed by atoms with Gasteiger partial charge in [-0.15, -0.1) is 0 Å². The van der Waals surface area contributed by atoms with E-state index in [2.05, 4.69) is 21.0 Å². The van der Waals surface area contributed by atoms with E-state index < -0.39 is 17.9 Å². The van der Waals surface area contributed by atoms with E-state index in [9.17, 15) is 13.2 Å². The molecule has 1 aromatic heterocycles. The Kier molecular flexibility index (Phi) is 4.19. The molecular formula is C13H13BrF3N3. The van der Waals surface area contributed by atoms with Gasteiger partial charge >= 0.3 is 6.18 Å². The van der Waals surface area contributed by atoms with Crippen LogP contribution in [0.4, 0.5) is 13.2 Å². The van der Waals surface area contributed by atoms with E-state index in [1.165, 1.54) is 10.9 Å². The Hall–Kier alpha value is -1.34. The van der Waals surface area contributed by atoms with Crippen LogP contribution in [0.25, 0.3) is 0 Å². The number of rotatable bonds is 3. The molecule has 0 aliphatic rings. The van der Waals surface area contributed by atoms with Crippen molar-refractivity contribution in [2.75, 3.05) is 0 Å². The maximum atomic E-state index is 12.6. The Morgan fingerprint density at radius 3 is 2.25 bits per heavy atom. The maximum Gasteiger partial charge on any atom is 0.435 e. The highest BCUT2D eigenvalue weighted by Gasteiger charge is 2.34. The Balaban J connectivity index is 2.39. The topological polar surface area (TPSA) is 43.8 Å². The van der Waals surface area contributed by atoms with Gasteiger partial charge in [-0.05, 0) is 30.7 Å². The third-order valence-corrected chi connectivity index (χ3v) is 3.42. The predicted octanol–water partition coefficient (Wildman–Crippen LogP) is 3.60. The van der Waals surface area contributed by atoms with Crippen molar-refractivity contribution in [3.05, 3.63) is 52.3 Å². The molecule has 0 aliphatic heterocycles. The van der Waals surface area contributed by atoms with Crippen LogP contribution in [0.1, 0.15) is 24.2 Å². The largest absolute Gasteiger partial charge is 0.435 e. The second-order valence-corrected chi connectivity index (χ2v) is 5.45. The zero-order valence-corrected chi connectivity index (χ0v) is 12.2. The van der Waals surface area contributed by atoms with E-state index in [4.69, 9.17) is 5.73 Å². The SMILES string of the molecule is CC(N)C(c1ccc(Br)cc1)n1ccc(C(F)(F)F)n1. The second-order valence-electron chi connectivity index (χ2n) is 4.53. The predicted molar refractivity (Wildman–Crippen MR) is 73.2 cm³/mol. The molecule has 2 aromatic rings. The lowest BCUT2D eigenvalue weighted by Crippen LogP contribution is -2.30. The fourth-order valence-electron chi connectivity index (χ4n) is 2.00. The minimum Gasteiger partial charge on any atom is -0.326 e. The van der Waals surface area contributed by atoms with E-state index in [-0.39, 0.29) is 6.04 Å². The third kappa shape index (κ3) is 3.21. The summed E-state index contributed by atoms with van der Waals surface area (Å²) in [5.41, 5.74) is 5.79. The van der Waals surface area contributed by atoms with Crippen molar-refractivity contribution in [1.29, 1.82) is 0 Å². The van der Waals surface area contributed by atoms with Gasteiger partial charge in [0.25, 0.3) is 0 Å². The lowest BCUT2D eigenvalue weighted by atomic mass is 10.0. The smallest absolute Gasteiger partial charge is 0.326 e. The zero-order valence-electron chi connectivity index (χ0n) is 10.6. The monoisotopic (exact) mass is 347 g/mol. The number of nitrogens with zero attached hydrogens (tertiary/aromatic N) is 2. The quantitative estimate of drug-likeness (QED) is 0.921. The Labute approximate surface area is 122 Å². The first-order chi connectivity index (χ1) is 9.29. The highest BCUT2D eigenvalue weighted by molar-refractivity contribution is 9.10. The number of benzene rings is 1. The first-order valence-electron chi connectivity index (χ1n) is 5.92. The molecule has 0 saturated heterocycles. The van der Waals surface area contributed by atoms with E-state index >= 15 is 0 Å². The molecule has 0 spiro atoms. The molecule has 0 fully saturated rings. The van der Waals surface area contributed by atoms with Crippen LogP contribution in [-0.2, 0) is 6.18 Å². The van der Waals surface area contributed by atoms with Crippen LogP contribution in [0.3, 0.4) is 0 Å². The summed E-state index contributed by atoms with van der Waals surface area (Å²) in [7, 11) is 0. The Morgan fingerprint density at radius 2 is 1.80 bits per heavy atom. The van der Waals surface area contributed by atoms with Crippen LogP contribution in [-0.4, -0.2) is 15.8 Å². The van der Waals surface area contributed by atoms with Gasteiger partial charge in [0, 0.05) is 16.7 Å². The van der Waals surface area contributed by atoms with Crippen molar-refractivity contribution in [2.24, 2.45) is 5.73 Å². The van der Waals surface area contributed by atoms with Crippen LogP contribution in [0.5, 0.6) is 0 Å². The van der Waals surface area contributed by atoms with Gasteiger partial charge in [-0.25, -0.2) is 0 Å². The normalized spacial score (nSPS) is 15.1. The summed E-state index contributed by atoms with van der Waals surface area (Å²) in [6.07, 6.45) is -3.15. The molecule has 2 unspecified atom stereocenters. The van der Waals surface area contributed by atoms with Gasteiger partial charge in [-0.3, -0.25) is 4.68 Å². The van der Waals surface area contributed by atoms with Crippen LogP contribution in [0, 0.1) is 0 Å². The highest BCUT2D eigenvalue weighted by Crippen LogP contribution is 2.29. The first kappa shape index (κ1) is 15.1. The summed E-state index contributed by atoms with van der Waals surface area (Å²) in [6, 6.07) is 7.39. The maximum absolute atomic E-state index is 12.6. The fourth-order valence-corrected chi connectivity index (χ4v) is 2.27. The van der Waals surface area contributed by atoms with Crippen LogP contribution < -0.4 is 5.73 Å². The molecule has 2 N–H and O–H groups in total. The van der Waals surface area contributed by atoms with Gasteiger partial charge in [0.1, 0.15) is 0 Å². The van der Waals surface area contributed by atoms with Crippen LogP contribution >= 0.6 is 15.9 Å². The Morgan fingerprint density at radius 1 is 1.20 bits per heavy atom. The number of hydrogen-bond acceptors (Lipinski definition) is 2. The van der Waals surface area contributed by atoms with Crippen molar-refractivity contribution in [3.8, 4) is 0 Å². The zero-order chi connectivity index (χ0) is 14.9. The molecule has 0 amide bonds. The number of aromatic nitrogens is 2. The van der Waals surface area contributed by atoms with Gasteiger partial charge < -0.3 is 5.73 Å². The molecule has 0 aliphatic carbocycles. The lowest BCUT2D eigenvalue weighted by Gasteiger charge is -2.22. The molecule has 0 saturated carbocycles. The highest BCUT2D eigenvalue weighted by atomic mass is 79.9. The minimum absolute atomic E-state index is 0.378. The summed E-state index contributed by atoms with van der Waals surface area (Å²) in [5, 5.41) is 3.60. The van der Waals surface area contributed by atoms with Gasteiger partial charge in [0.15, 0.2) is 5.69 Å². The molecule has 20 heavy (non-hydrogen) atoms. The van der Waals surface area contributed by atoms with Gasteiger partial charge in [0.2, 0.25) is 0 Å². The third-order valence-electron chi connectivity index (χ3n) is 2.89. The summed E-state index contributed by atoms with van der Waals surface area (Å²) in [5.74, 6) is 0. The minimum atomic E-state index is -4.45. The van der Waals surface area contributed by atoms with Crippen molar-refractivity contribution in [2.45, 2.75) is 25.2 Å². The molecular weight excluding hydrogens is 335 g/mol. The average Bonchev–Trinajstić information content (AvgIpc) is 2.80. The summed E-state index contributed by atoms with van der Waals surface area (Å²) >= 11 is 3.32. The lowest BCUT2D eigenvalue weighted by molar-refractivity contribution is -0.141. The summed E-state index contributed by atoms with van der Waals surface area (Å²) in [6.45, 7) is 1.74. The van der Waals surface area contributed by atoms with E-state index in [0.717, 1.165) is 16.1 Å². The van der Waals surface area contributed by atoms with Crippen molar-refractivity contribution < 1.29 is 13.2 Å². The van der Waals surface area contributed by atoms with Crippen LogP contribution in [0.15, 0.2) is 41.0 Å². The number of hydrogen-bond donors (Lipinski definition) is 1. The number of nitrogens with two attached hydrogens (primary N) is 1. The molecule has 1 heterocycles. The molecule has 0 bridgehead atoms. The van der Waals surface area contributed by atoms with Crippen molar-refractivity contribution in [1.82, 2.24) is 9.78 Å². The molecule has 2 rings (SSSR count).